The highest BCUT2D eigenvalue weighted by atomic mass is 32.2. The van der Waals surface area contributed by atoms with Gasteiger partial charge in [-0.25, -0.2) is 4.98 Å². The van der Waals surface area contributed by atoms with E-state index < -0.39 is 0 Å². The smallest absolute Gasteiger partial charge is 0.237 e. The summed E-state index contributed by atoms with van der Waals surface area (Å²) in [6, 6.07) is 13.9. The number of H-pyrrole nitrogens is 1. The Kier molecular flexibility index (Phi) is 4.90. The van der Waals surface area contributed by atoms with E-state index in [1.54, 1.807) is 0 Å². The van der Waals surface area contributed by atoms with Gasteiger partial charge in [-0.1, -0.05) is 49.0 Å². The van der Waals surface area contributed by atoms with Gasteiger partial charge in [-0.05, 0) is 43.5 Å². The number of fused-ring (bicyclic) bond motifs is 1. The molecular weight excluding hydrogens is 318 g/mol. The monoisotopic (exact) mass is 339 g/mol. The van der Waals surface area contributed by atoms with Crippen LogP contribution in [0.15, 0.2) is 47.6 Å². The first-order chi connectivity index (χ1) is 11.6. The van der Waals surface area contributed by atoms with E-state index in [0.29, 0.717) is 0 Å². The molecule has 0 aliphatic heterocycles. The lowest BCUT2D eigenvalue weighted by atomic mass is 10.1. The number of imidazole rings is 1. The zero-order valence-electron chi connectivity index (χ0n) is 14.1. The first-order valence-electron chi connectivity index (χ1n) is 8.07. The maximum atomic E-state index is 12.7. The van der Waals surface area contributed by atoms with E-state index in [4.69, 9.17) is 0 Å². The molecule has 4 nitrogen and oxygen atoms in total. The number of amides is 1. The number of anilines is 1. The summed E-state index contributed by atoms with van der Waals surface area (Å²) in [7, 11) is 0. The van der Waals surface area contributed by atoms with Gasteiger partial charge >= 0.3 is 0 Å². The van der Waals surface area contributed by atoms with Gasteiger partial charge < -0.3 is 10.3 Å². The molecule has 1 atom stereocenters. The number of benzene rings is 2. The molecule has 24 heavy (non-hydrogen) atoms. The number of aromatic nitrogens is 2. The van der Waals surface area contributed by atoms with Gasteiger partial charge in [0.25, 0.3) is 0 Å². The Labute approximate surface area is 146 Å². The largest absolute Gasteiger partial charge is 0.333 e. The molecule has 3 aromatic rings. The Morgan fingerprint density at radius 2 is 1.88 bits per heavy atom. The highest BCUT2D eigenvalue weighted by Crippen LogP contribution is 2.27. The van der Waals surface area contributed by atoms with E-state index in [2.05, 4.69) is 15.3 Å². The number of aromatic amines is 1. The minimum atomic E-state index is -0.190. The van der Waals surface area contributed by atoms with Gasteiger partial charge in [0, 0.05) is 5.69 Å². The van der Waals surface area contributed by atoms with Crippen LogP contribution < -0.4 is 5.32 Å². The summed E-state index contributed by atoms with van der Waals surface area (Å²) in [5.74, 6) is 0.0142. The molecular formula is C19H21N3OS. The third-order valence-electron chi connectivity index (χ3n) is 4.01. The zero-order valence-corrected chi connectivity index (χ0v) is 14.9. The van der Waals surface area contributed by atoms with Gasteiger partial charge in [0.15, 0.2) is 5.16 Å². The quantitative estimate of drug-likeness (QED) is 0.663. The summed E-state index contributed by atoms with van der Waals surface area (Å²) in [6.45, 7) is 6.04. The van der Waals surface area contributed by atoms with Crippen LogP contribution in [0.1, 0.15) is 24.5 Å². The number of carbonyl (C=O) groups excluding carboxylic acids is 1. The number of aryl methyl sites for hydroxylation is 2. The predicted molar refractivity (Wildman–Crippen MR) is 101 cm³/mol. The summed E-state index contributed by atoms with van der Waals surface area (Å²) in [5, 5.41) is 3.67. The maximum Gasteiger partial charge on any atom is 0.237 e. The molecule has 1 aromatic heterocycles. The second-order valence-corrected chi connectivity index (χ2v) is 7.02. The summed E-state index contributed by atoms with van der Waals surface area (Å²) >= 11 is 1.47. The molecule has 0 fully saturated rings. The molecule has 1 amide bonds. The molecule has 0 aliphatic carbocycles. The average Bonchev–Trinajstić information content (AvgIpc) is 2.98. The fourth-order valence-electron chi connectivity index (χ4n) is 2.66. The molecule has 0 aliphatic rings. The lowest BCUT2D eigenvalue weighted by Crippen LogP contribution is -2.25. The normalized spacial score (nSPS) is 12.3. The van der Waals surface area contributed by atoms with Crippen LogP contribution in [0.25, 0.3) is 11.0 Å². The molecule has 0 saturated carbocycles. The van der Waals surface area contributed by atoms with Gasteiger partial charge in [0.05, 0.1) is 16.3 Å². The minimum absolute atomic E-state index is 0.0142. The van der Waals surface area contributed by atoms with Crippen LogP contribution in [0.3, 0.4) is 0 Å². The van der Waals surface area contributed by atoms with Crippen molar-refractivity contribution in [3.8, 4) is 0 Å². The number of para-hydroxylation sites is 3. The SMILES string of the molecule is CCC(Sc1nc2ccccc2[nH]1)C(=O)Nc1c(C)cccc1C. The van der Waals surface area contributed by atoms with Gasteiger partial charge in [-0.2, -0.15) is 0 Å². The van der Waals surface area contributed by atoms with E-state index in [1.165, 1.54) is 11.8 Å². The minimum Gasteiger partial charge on any atom is -0.333 e. The van der Waals surface area contributed by atoms with E-state index >= 15 is 0 Å². The van der Waals surface area contributed by atoms with E-state index in [-0.39, 0.29) is 11.2 Å². The van der Waals surface area contributed by atoms with Crippen LogP contribution in [-0.2, 0) is 4.79 Å². The van der Waals surface area contributed by atoms with Crippen LogP contribution >= 0.6 is 11.8 Å². The summed E-state index contributed by atoms with van der Waals surface area (Å²) in [6.07, 6.45) is 0.735. The summed E-state index contributed by atoms with van der Waals surface area (Å²) in [5.41, 5.74) is 4.97. The van der Waals surface area contributed by atoms with Crippen molar-refractivity contribution in [1.82, 2.24) is 9.97 Å². The Bertz CT molecular complexity index is 819. The molecule has 0 saturated heterocycles. The van der Waals surface area contributed by atoms with Crippen LogP contribution in [0.4, 0.5) is 5.69 Å². The first-order valence-corrected chi connectivity index (χ1v) is 8.95. The molecule has 0 spiro atoms. The summed E-state index contributed by atoms with van der Waals surface area (Å²) < 4.78 is 0. The van der Waals surface area contributed by atoms with Crippen molar-refractivity contribution in [2.45, 2.75) is 37.6 Å². The van der Waals surface area contributed by atoms with Crippen molar-refractivity contribution >= 4 is 34.4 Å². The lowest BCUT2D eigenvalue weighted by Gasteiger charge is -2.16. The molecule has 3 rings (SSSR count). The number of thioether (sulfide) groups is 1. The fraction of sp³-hybridized carbons (Fsp3) is 0.263. The van der Waals surface area contributed by atoms with Crippen molar-refractivity contribution in [2.24, 2.45) is 0 Å². The van der Waals surface area contributed by atoms with Crippen LogP contribution in [0.5, 0.6) is 0 Å². The first kappa shape index (κ1) is 16.6. The van der Waals surface area contributed by atoms with Crippen LogP contribution in [-0.4, -0.2) is 21.1 Å². The molecule has 124 valence electrons. The van der Waals surface area contributed by atoms with Crippen molar-refractivity contribution < 1.29 is 4.79 Å². The Morgan fingerprint density at radius 1 is 1.17 bits per heavy atom. The second kappa shape index (κ2) is 7.09. The molecule has 2 aromatic carbocycles. The fourth-order valence-corrected chi connectivity index (χ4v) is 3.58. The van der Waals surface area contributed by atoms with Crippen molar-refractivity contribution in [3.63, 3.8) is 0 Å². The van der Waals surface area contributed by atoms with Crippen molar-refractivity contribution in [3.05, 3.63) is 53.6 Å². The third-order valence-corrected chi connectivity index (χ3v) is 5.26. The predicted octanol–water partition coefficient (Wildman–Crippen LogP) is 4.69. The molecule has 2 N–H and O–H groups in total. The highest BCUT2D eigenvalue weighted by Gasteiger charge is 2.21. The maximum absolute atomic E-state index is 12.7. The molecule has 1 heterocycles. The number of hydrogen-bond acceptors (Lipinski definition) is 3. The van der Waals surface area contributed by atoms with Crippen molar-refractivity contribution in [1.29, 1.82) is 0 Å². The molecule has 0 bridgehead atoms. The van der Waals surface area contributed by atoms with Gasteiger partial charge in [0.1, 0.15) is 0 Å². The molecule has 1 unspecified atom stereocenters. The summed E-state index contributed by atoms with van der Waals surface area (Å²) in [4.78, 5) is 20.5. The zero-order chi connectivity index (χ0) is 17.1. The Morgan fingerprint density at radius 3 is 2.54 bits per heavy atom. The van der Waals surface area contributed by atoms with Gasteiger partial charge in [-0.15, -0.1) is 0 Å². The van der Waals surface area contributed by atoms with E-state index in [0.717, 1.165) is 39.4 Å². The van der Waals surface area contributed by atoms with Crippen LogP contribution in [0, 0.1) is 13.8 Å². The standard InChI is InChI=1S/C19H21N3OS/c1-4-16(18(23)22-17-12(2)8-7-9-13(17)3)24-19-20-14-10-5-6-11-15(14)21-19/h5-11,16H,4H2,1-3H3,(H,20,21)(H,22,23). The second-order valence-electron chi connectivity index (χ2n) is 5.83. The van der Waals surface area contributed by atoms with E-state index in [1.807, 2.05) is 63.2 Å². The Balaban J connectivity index is 1.77. The van der Waals surface area contributed by atoms with Crippen molar-refractivity contribution in [2.75, 3.05) is 5.32 Å². The molecule has 0 radical (unpaired) electrons. The lowest BCUT2D eigenvalue weighted by molar-refractivity contribution is -0.115. The van der Waals surface area contributed by atoms with E-state index in [9.17, 15) is 4.79 Å². The number of hydrogen-bond donors (Lipinski definition) is 2. The highest BCUT2D eigenvalue weighted by molar-refractivity contribution is 8.00. The topological polar surface area (TPSA) is 57.8 Å². The molecule has 5 heteroatoms. The average molecular weight is 339 g/mol. The van der Waals surface area contributed by atoms with Gasteiger partial charge in [-0.3, -0.25) is 4.79 Å². The van der Waals surface area contributed by atoms with Crippen LogP contribution in [0.2, 0.25) is 0 Å². The number of nitrogens with zero attached hydrogens (tertiary/aromatic N) is 1. The Hall–Kier alpha value is -2.27. The number of carbonyl (C=O) groups is 1. The number of rotatable bonds is 5. The number of nitrogens with one attached hydrogen (secondary N) is 2. The van der Waals surface area contributed by atoms with Gasteiger partial charge in [0.2, 0.25) is 5.91 Å². The third kappa shape index (κ3) is 3.46.